The van der Waals surface area contributed by atoms with Gasteiger partial charge in [0.2, 0.25) is 0 Å². The summed E-state index contributed by atoms with van der Waals surface area (Å²) in [6.45, 7) is 0. The maximum absolute atomic E-state index is 12.3. The van der Waals surface area contributed by atoms with E-state index in [-0.39, 0.29) is 0 Å². The van der Waals surface area contributed by atoms with E-state index in [1.165, 1.54) is 13.2 Å². The maximum atomic E-state index is 12.3. The lowest BCUT2D eigenvalue weighted by atomic mass is 10.3. The van der Waals surface area contributed by atoms with Crippen LogP contribution in [0, 0.1) is 0 Å². The van der Waals surface area contributed by atoms with E-state index in [0.29, 0.717) is 20.4 Å². The highest BCUT2D eigenvalue weighted by Crippen LogP contribution is 2.33. The number of aromatic nitrogens is 3. The summed E-state index contributed by atoms with van der Waals surface area (Å²) < 4.78 is 44.3. The van der Waals surface area contributed by atoms with Crippen molar-refractivity contribution < 1.29 is 22.7 Å². The van der Waals surface area contributed by atoms with Crippen LogP contribution in [0.3, 0.4) is 0 Å². The number of carbonyl (C=O) groups excluding carboxylic acids is 1. The van der Waals surface area contributed by atoms with Gasteiger partial charge in [0.25, 0.3) is 5.78 Å². The van der Waals surface area contributed by atoms with E-state index in [0.717, 1.165) is 10.9 Å². The van der Waals surface area contributed by atoms with Crippen LogP contribution in [0.5, 0.6) is 5.75 Å². The predicted octanol–water partition coefficient (Wildman–Crippen LogP) is 3.55. The van der Waals surface area contributed by atoms with Gasteiger partial charge in [-0.25, -0.2) is 4.68 Å². The van der Waals surface area contributed by atoms with Crippen molar-refractivity contribution in [3.63, 3.8) is 0 Å². The normalized spacial score (nSPS) is 11.5. The van der Waals surface area contributed by atoms with Crippen LogP contribution in [0.4, 0.5) is 13.2 Å². The first-order chi connectivity index (χ1) is 9.74. The van der Waals surface area contributed by atoms with Crippen LogP contribution in [-0.4, -0.2) is 34.1 Å². The molecule has 0 saturated heterocycles. The lowest BCUT2D eigenvalue weighted by Gasteiger charge is -2.08. The van der Waals surface area contributed by atoms with E-state index in [1.54, 1.807) is 6.07 Å². The summed E-state index contributed by atoms with van der Waals surface area (Å²) >= 11 is 6.52. The molecule has 0 atom stereocenters. The lowest BCUT2D eigenvalue weighted by Crippen LogP contribution is -2.23. The largest absolute Gasteiger partial charge is 0.495 e. The molecule has 1 aromatic heterocycles. The van der Waals surface area contributed by atoms with Gasteiger partial charge < -0.3 is 4.74 Å². The first kappa shape index (κ1) is 16.0. The van der Waals surface area contributed by atoms with Crippen molar-refractivity contribution in [2.75, 3.05) is 7.11 Å². The monoisotopic (exact) mass is 427 g/mol. The number of carbonyl (C=O) groups is 1. The number of ketones is 1. The van der Waals surface area contributed by atoms with Crippen LogP contribution in [0.1, 0.15) is 10.5 Å². The van der Waals surface area contributed by atoms with Gasteiger partial charge in [-0.05, 0) is 37.9 Å². The molecule has 1 aromatic carbocycles. The number of alkyl halides is 3. The quantitative estimate of drug-likeness (QED) is 0.701. The maximum Gasteiger partial charge on any atom is 0.456 e. The molecule has 21 heavy (non-hydrogen) atoms. The number of hydrogen-bond donors (Lipinski definition) is 0. The Balaban J connectivity index is 2.45. The van der Waals surface area contributed by atoms with Gasteiger partial charge in [-0.3, -0.25) is 4.79 Å². The fourth-order valence-electron chi connectivity index (χ4n) is 1.48. The van der Waals surface area contributed by atoms with Gasteiger partial charge >= 0.3 is 6.18 Å². The summed E-state index contributed by atoms with van der Waals surface area (Å²) in [5, 5.41) is 6.78. The molecule has 0 aliphatic heterocycles. The second-order valence-electron chi connectivity index (χ2n) is 3.81. The molecule has 0 spiro atoms. The molecule has 0 unspecified atom stereocenters. The van der Waals surface area contributed by atoms with E-state index < -0.39 is 17.7 Å². The smallest absolute Gasteiger partial charge is 0.456 e. The molecule has 0 saturated carbocycles. The second-order valence-corrected chi connectivity index (χ2v) is 5.52. The number of halogens is 5. The third kappa shape index (κ3) is 3.26. The Bertz CT molecular complexity index is 701. The SMILES string of the molecule is COc1cc(-n2cc(C(=O)C(F)(F)F)nn2)c(Br)cc1Br. The molecule has 2 rings (SSSR count). The van der Waals surface area contributed by atoms with Gasteiger partial charge in [0, 0.05) is 10.5 Å². The first-order valence-electron chi connectivity index (χ1n) is 5.31. The Labute approximate surface area is 133 Å². The Morgan fingerprint density at radius 3 is 2.52 bits per heavy atom. The molecule has 1 heterocycles. The fourth-order valence-corrected chi connectivity index (χ4v) is 2.82. The highest BCUT2D eigenvalue weighted by molar-refractivity contribution is 9.11. The Hall–Kier alpha value is -1.42. The number of nitrogens with zero attached hydrogens (tertiary/aromatic N) is 3. The van der Waals surface area contributed by atoms with E-state index >= 15 is 0 Å². The van der Waals surface area contributed by atoms with Crippen molar-refractivity contribution in [1.29, 1.82) is 0 Å². The number of ether oxygens (including phenoxy) is 1. The number of benzene rings is 1. The number of Topliss-reactive ketones (excluding diaryl/α,β-unsaturated/α-hetero) is 1. The molecule has 5 nitrogen and oxygen atoms in total. The van der Waals surface area contributed by atoms with Gasteiger partial charge in [0.15, 0.2) is 5.69 Å². The highest BCUT2D eigenvalue weighted by atomic mass is 79.9. The molecule has 0 radical (unpaired) electrons. The fraction of sp³-hybridized carbons (Fsp3) is 0.182. The Morgan fingerprint density at radius 2 is 1.95 bits per heavy atom. The summed E-state index contributed by atoms with van der Waals surface area (Å²) in [6.07, 6.45) is -4.08. The molecule has 0 aliphatic carbocycles. The molecular weight excluding hydrogens is 423 g/mol. The topological polar surface area (TPSA) is 57.0 Å². The molecular formula is C11H6Br2F3N3O2. The van der Waals surface area contributed by atoms with Crippen LogP contribution in [0.25, 0.3) is 5.69 Å². The molecule has 0 N–H and O–H groups in total. The first-order valence-corrected chi connectivity index (χ1v) is 6.90. The standard InChI is InChI=1S/C11H6Br2F3N3O2/c1-21-9-3-8(5(12)2-6(9)13)19-4-7(17-18-19)10(20)11(14,15)16/h2-4H,1H3. The number of rotatable bonds is 3. The van der Waals surface area contributed by atoms with Crippen molar-refractivity contribution >= 4 is 37.6 Å². The van der Waals surface area contributed by atoms with Crippen molar-refractivity contribution in [3.8, 4) is 11.4 Å². The minimum atomic E-state index is -4.99. The molecule has 10 heteroatoms. The van der Waals surface area contributed by atoms with Crippen LogP contribution in [0.2, 0.25) is 0 Å². The minimum absolute atomic E-state index is 0.378. The third-order valence-electron chi connectivity index (χ3n) is 2.45. The second kappa shape index (κ2) is 5.76. The number of methoxy groups -OCH3 is 1. The van der Waals surface area contributed by atoms with Crippen LogP contribution in [-0.2, 0) is 0 Å². The lowest BCUT2D eigenvalue weighted by molar-refractivity contribution is -0.0888. The molecule has 0 fully saturated rings. The molecule has 0 aliphatic rings. The summed E-state index contributed by atoms with van der Waals surface area (Å²) in [7, 11) is 1.44. The predicted molar refractivity (Wildman–Crippen MR) is 73.7 cm³/mol. The highest BCUT2D eigenvalue weighted by Gasteiger charge is 2.41. The van der Waals surface area contributed by atoms with E-state index in [2.05, 4.69) is 42.2 Å². The van der Waals surface area contributed by atoms with Crippen molar-refractivity contribution in [3.05, 3.63) is 33.0 Å². The van der Waals surface area contributed by atoms with Crippen LogP contribution < -0.4 is 4.74 Å². The van der Waals surface area contributed by atoms with Crippen molar-refractivity contribution in [2.24, 2.45) is 0 Å². The van der Waals surface area contributed by atoms with Crippen molar-refractivity contribution in [1.82, 2.24) is 15.0 Å². The van der Waals surface area contributed by atoms with Gasteiger partial charge in [-0.15, -0.1) is 5.10 Å². The van der Waals surface area contributed by atoms with Gasteiger partial charge in [-0.1, -0.05) is 5.21 Å². The Kier molecular flexibility index (Phi) is 4.38. The Morgan fingerprint density at radius 1 is 1.29 bits per heavy atom. The zero-order valence-corrected chi connectivity index (χ0v) is 13.5. The average molecular weight is 429 g/mol. The van der Waals surface area contributed by atoms with Gasteiger partial charge in [0.05, 0.1) is 23.5 Å². The summed E-state index contributed by atoms with van der Waals surface area (Å²) in [4.78, 5) is 11.1. The van der Waals surface area contributed by atoms with E-state index in [9.17, 15) is 18.0 Å². The molecule has 112 valence electrons. The van der Waals surface area contributed by atoms with E-state index in [1.807, 2.05) is 0 Å². The minimum Gasteiger partial charge on any atom is -0.495 e. The van der Waals surface area contributed by atoms with Gasteiger partial charge in [-0.2, -0.15) is 13.2 Å². The third-order valence-corrected chi connectivity index (χ3v) is 3.71. The number of hydrogen-bond acceptors (Lipinski definition) is 4. The zero-order valence-electron chi connectivity index (χ0n) is 10.3. The summed E-state index contributed by atoms with van der Waals surface area (Å²) in [6, 6.07) is 3.17. The average Bonchev–Trinajstić information content (AvgIpc) is 2.86. The van der Waals surface area contributed by atoms with Gasteiger partial charge in [0.1, 0.15) is 5.75 Å². The molecule has 0 amide bonds. The van der Waals surface area contributed by atoms with Crippen LogP contribution >= 0.6 is 31.9 Å². The zero-order chi connectivity index (χ0) is 15.8. The van der Waals surface area contributed by atoms with E-state index in [4.69, 9.17) is 4.74 Å². The van der Waals surface area contributed by atoms with Crippen LogP contribution in [0.15, 0.2) is 27.3 Å². The summed E-state index contributed by atoms with van der Waals surface area (Å²) in [5.74, 6) is -1.60. The molecule has 0 bridgehead atoms. The summed E-state index contributed by atoms with van der Waals surface area (Å²) in [5.41, 5.74) is -0.403. The van der Waals surface area contributed by atoms with Crippen molar-refractivity contribution in [2.45, 2.75) is 6.18 Å². The molecule has 2 aromatic rings.